The second-order valence-electron chi connectivity index (χ2n) is 1.80. The molecular weight excluding hydrogens is 160 g/mol. The normalized spacial score (nSPS) is 7.75. The molecule has 0 aromatic carbocycles. The van der Waals surface area contributed by atoms with Gasteiger partial charge in [-0.25, -0.2) is 4.79 Å². The van der Waals surface area contributed by atoms with E-state index in [0.717, 1.165) is 6.08 Å². The molecule has 0 aromatic heterocycles. The molecular formula is C8H14O4. The van der Waals surface area contributed by atoms with Crippen molar-refractivity contribution in [3.8, 4) is 0 Å². The molecule has 0 heterocycles. The number of ether oxygens (including phenoxy) is 1. The van der Waals surface area contributed by atoms with Gasteiger partial charge in [-0.3, -0.25) is 0 Å². The minimum Gasteiger partial charge on any atom is -0.463 e. The van der Waals surface area contributed by atoms with Gasteiger partial charge in [-0.1, -0.05) is 6.58 Å². The largest absolute Gasteiger partial charge is 0.463 e. The Labute approximate surface area is 71.8 Å². The smallest absolute Gasteiger partial charge is 0.330 e. The molecule has 0 saturated carbocycles. The molecule has 0 unspecified atom stereocenters. The van der Waals surface area contributed by atoms with E-state index in [0.29, 0.717) is 19.4 Å². The number of carbonyl (C=O) groups is 2. The highest BCUT2D eigenvalue weighted by Crippen LogP contribution is 1.88. The minimum atomic E-state index is -0.405. The maximum atomic E-state index is 10.4. The molecule has 0 aromatic rings. The quantitative estimate of drug-likeness (QED) is 0.370. The van der Waals surface area contributed by atoms with E-state index in [9.17, 15) is 4.79 Å². The Morgan fingerprint density at radius 1 is 1.42 bits per heavy atom. The number of aliphatic hydroxyl groups excluding tert-OH is 1. The van der Waals surface area contributed by atoms with Crippen LogP contribution in [0.2, 0.25) is 0 Å². The van der Waals surface area contributed by atoms with Crippen molar-refractivity contribution in [3.63, 3.8) is 0 Å². The highest BCUT2D eigenvalue weighted by atomic mass is 16.5. The first-order chi connectivity index (χ1) is 5.81. The summed E-state index contributed by atoms with van der Waals surface area (Å²) in [4.78, 5) is 18.4. The summed E-state index contributed by atoms with van der Waals surface area (Å²) >= 11 is 0. The summed E-state index contributed by atoms with van der Waals surface area (Å²) in [5.41, 5.74) is 0. The minimum absolute atomic E-state index is 0.144. The summed E-state index contributed by atoms with van der Waals surface area (Å²) in [5, 5.41) is 8.33. The van der Waals surface area contributed by atoms with E-state index < -0.39 is 5.97 Å². The van der Waals surface area contributed by atoms with Gasteiger partial charge in [0.05, 0.1) is 6.61 Å². The Balaban J connectivity index is 0. The Hall–Kier alpha value is -1.16. The Kier molecular flexibility index (Phi) is 14.0. The molecule has 0 radical (unpaired) electrons. The number of rotatable bonds is 5. The highest BCUT2D eigenvalue weighted by Gasteiger charge is 1.92. The second-order valence-corrected chi connectivity index (χ2v) is 1.80. The lowest BCUT2D eigenvalue weighted by molar-refractivity contribution is -0.137. The number of unbranched alkanes of at least 4 members (excludes halogenated alkanes) is 1. The third-order valence-corrected chi connectivity index (χ3v) is 0.963. The molecule has 0 aliphatic carbocycles. The molecule has 0 fully saturated rings. The number of aliphatic hydroxyl groups is 1. The number of esters is 1. The molecule has 0 amide bonds. The van der Waals surface area contributed by atoms with E-state index in [1.165, 1.54) is 0 Å². The van der Waals surface area contributed by atoms with Crippen molar-refractivity contribution < 1.29 is 19.4 Å². The van der Waals surface area contributed by atoms with Crippen molar-refractivity contribution in [2.24, 2.45) is 0 Å². The molecule has 0 rings (SSSR count). The highest BCUT2D eigenvalue weighted by molar-refractivity contribution is 5.81. The fourth-order valence-corrected chi connectivity index (χ4v) is 0.446. The summed E-state index contributed by atoms with van der Waals surface area (Å²) in [5.74, 6) is -0.405. The lowest BCUT2D eigenvalue weighted by atomic mass is 10.3. The summed E-state index contributed by atoms with van der Waals surface area (Å²) in [6.45, 7) is 5.75. The van der Waals surface area contributed by atoms with Gasteiger partial charge in [0, 0.05) is 12.7 Å². The zero-order chi connectivity index (χ0) is 9.82. The van der Waals surface area contributed by atoms with Gasteiger partial charge in [-0.2, -0.15) is 0 Å². The van der Waals surface area contributed by atoms with Crippen LogP contribution < -0.4 is 0 Å². The van der Waals surface area contributed by atoms with Gasteiger partial charge in [0.25, 0.3) is 0 Å². The van der Waals surface area contributed by atoms with E-state index >= 15 is 0 Å². The lowest BCUT2D eigenvalue weighted by Crippen LogP contribution is -2.02. The maximum Gasteiger partial charge on any atom is 0.330 e. The average Bonchev–Trinajstić information content (AvgIpc) is 2.15. The van der Waals surface area contributed by atoms with Crippen LogP contribution in [-0.2, 0) is 14.3 Å². The van der Waals surface area contributed by atoms with Crippen LogP contribution in [0.3, 0.4) is 0 Å². The monoisotopic (exact) mass is 174 g/mol. The number of hydrogen-bond acceptors (Lipinski definition) is 4. The van der Waals surface area contributed by atoms with Crippen LogP contribution >= 0.6 is 0 Å². The fourth-order valence-electron chi connectivity index (χ4n) is 0.446. The van der Waals surface area contributed by atoms with Crippen LogP contribution in [0, 0.1) is 0 Å². The van der Waals surface area contributed by atoms with Crippen LogP contribution in [0.4, 0.5) is 0 Å². The number of hydrogen-bond donors (Lipinski definition) is 1. The van der Waals surface area contributed by atoms with Gasteiger partial charge in [-0.05, 0) is 12.8 Å². The van der Waals surface area contributed by atoms with Crippen molar-refractivity contribution in [1.29, 1.82) is 0 Å². The maximum absolute atomic E-state index is 10.4. The van der Waals surface area contributed by atoms with Gasteiger partial charge >= 0.3 is 5.97 Å². The first-order valence-corrected chi connectivity index (χ1v) is 3.50. The molecule has 0 aliphatic rings. The standard InChI is InChI=1S/C7H12O3.CH2O/c1-2-7(9)10-6-4-3-5-8;1-2/h2,8H,1,3-6H2;1H2. The van der Waals surface area contributed by atoms with Crippen LogP contribution in [-0.4, -0.2) is 31.1 Å². The summed E-state index contributed by atoms with van der Waals surface area (Å²) in [6, 6.07) is 0. The van der Waals surface area contributed by atoms with Crippen molar-refractivity contribution in [3.05, 3.63) is 12.7 Å². The molecule has 0 bridgehead atoms. The SMILES string of the molecule is C=CC(=O)OCCCCO.C=O. The predicted octanol–water partition coefficient (Wildman–Crippen LogP) is 0.303. The van der Waals surface area contributed by atoms with Crippen LogP contribution in [0.15, 0.2) is 12.7 Å². The van der Waals surface area contributed by atoms with E-state index in [1.807, 2.05) is 6.79 Å². The van der Waals surface area contributed by atoms with Gasteiger partial charge in [-0.15, -0.1) is 0 Å². The Bertz CT molecular complexity index is 122. The molecule has 0 aliphatic heterocycles. The lowest BCUT2D eigenvalue weighted by Gasteiger charge is -1.98. The summed E-state index contributed by atoms with van der Waals surface area (Å²) in [6.07, 6.45) is 2.50. The summed E-state index contributed by atoms with van der Waals surface area (Å²) < 4.78 is 4.63. The van der Waals surface area contributed by atoms with E-state index in [4.69, 9.17) is 9.90 Å². The van der Waals surface area contributed by atoms with Crippen LogP contribution in [0.5, 0.6) is 0 Å². The molecule has 0 spiro atoms. The molecule has 0 atom stereocenters. The first-order valence-electron chi connectivity index (χ1n) is 3.50. The average molecular weight is 174 g/mol. The van der Waals surface area contributed by atoms with Gasteiger partial charge in [0.1, 0.15) is 6.79 Å². The molecule has 70 valence electrons. The molecule has 4 heteroatoms. The zero-order valence-electron chi connectivity index (χ0n) is 6.99. The van der Waals surface area contributed by atoms with Gasteiger partial charge < -0.3 is 14.6 Å². The van der Waals surface area contributed by atoms with Crippen molar-refractivity contribution in [2.75, 3.05) is 13.2 Å². The second kappa shape index (κ2) is 12.5. The third kappa shape index (κ3) is 11.6. The molecule has 0 saturated heterocycles. The van der Waals surface area contributed by atoms with E-state index in [2.05, 4.69) is 11.3 Å². The topological polar surface area (TPSA) is 63.6 Å². The number of carbonyl (C=O) groups excluding carboxylic acids is 2. The van der Waals surface area contributed by atoms with E-state index in [-0.39, 0.29) is 6.61 Å². The molecule has 1 N–H and O–H groups in total. The first kappa shape index (κ1) is 13.4. The molecule has 4 nitrogen and oxygen atoms in total. The predicted molar refractivity (Wildman–Crippen MR) is 44.6 cm³/mol. The van der Waals surface area contributed by atoms with Crippen molar-refractivity contribution in [1.82, 2.24) is 0 Å². The third-order valence-electron chi connectivity index (χ3n) is 0.963. The van der Waals surface area contributed by atoms with Gasteiger partial charge in [0.2, 0.25) is 0 Å². The zero-order valence-corrected chi connectivity index (χ0v) is 6.99. The van der Waals surface area contributed by atoms with Crippen molar-refractivity contribution in [2.45, 2.75) is 12.8 Å². The fraction of sp³-hybridized carbons (Fsp3) is 0.500. The Morgan fingerprint density at radius 2 is 2.00 bits per heavy atom. The summed E-state index contributed by atoms with van der Waals surface area (Å²) in [7, 11) is 0. The van der Waals surface area contributed by atoms with Crippen LogP contribution in [0.25, 0.3) is 0 Å². The van der Waals surface area contributed by atoms with E-state index in [1.54, 1.807) is 0 Å². The molecule has 12 heavy (non-hydrogen) atoms. The van der Waals surface area contributed by atoms with Gasteiger partial charge in [0.15, 0.2) is 0 Å². The van der Waals surface area contributed by atoms with Crippen LogP contribution in [0.1, 0.15) is 12.8 Å². The Morgan fingerprint density at radius 3 is 2.42 bits per heavy atom. The van der Waals surface area contributed by atoms with Crippen molar-refractivity contribution >= 4 is 12.8 Å².